The Hall–Kier alpha value is -2.26. The van der Waals surface area contributed by atoms with Crippen LogP contribution in [-0.2, 0) is 4.79 Å². The van der Waals surface area contributed by atoms with Gasteiger partial charge < -0.3 is 20.4 Å². The highest BCUT2D eigenvalue weighted by Gasteiger charge is 2.44. The van der Waals surface area contributed by atoms with Crippen molar-refractivity contribution in [2.75, 3.05) is 38.5 Å². The molecule has 1 fully saturated rings. The number of halogens is 4. The first-order valence-electron chi connectivity index (χ1n) is 8.74. The number of carbonyl (C=O) groups excluding carboxylic acids is 1. The SMILES string of the molecule is CN1CCN(C(=O)C2=C(C(F)(F)F)NC(C)(Nc3cccc(Cl)c3)N=C2)CC1. The van der Waals surface area contributed by atoms with Gasteiger partial charge in [-0.05, 0) is 32.2 Å². The summed E-state index contributed by atoms with van der Waals surface area (Å²) < 4.78 is 41.2. The number of nitrogens with one attached hydrogen (secondary N) is 2. The Kier molecular flexibility index (Phi) is 5.58. The topological polar surface area (TPSA) is 60.0 Å². The molecule has 0 spiro atoms. The third kappa shape index (κ3) is 4.59. The molecule has 1 unspecified atom stereocenters. The van der Waals surface area contributed by atoms with Gasteiger partial charge in [-0.15, -0.1) is 0 Å². The first-order chi connectivity index (χ1) is 13.1. The van der Waals surface area contributed by atoms with Crippen molar-refractivity contribution in [3.8, 4) is 0 Å². The van der Waals surface area contributed by atoms with E-state index in [1.807, 2.05) is 11.9 Å². The molecule has 1 atom stereocenters. The third-order valence-corrected chi connectivity index (χ3v) is 4.84. The number of amides is 1. The van der Waals surface area contributed by atoms with Crippen molar-refractivity contribution in [1.29, 1.82) is 0 Å². The molecule has 0 aliphatic carbocycles. The van der Waals surface area contributed by atoms with Gasteiger partial charge in [0.15, 0.2) is 0 Å². The maximum Gasteiger partial charge on any atom is 0.431 e. The van der Waals surface area contributed by atoms with Crippen LogP contribution in [0.3, 0.4) is 0 Å². The van der Waals surface area contributed by atoms with Crippen LogP contribution in [0.25, 0.3) is 0 Å². The van der Waals surface area contributed by atoms with E-state index < -0.39 is 29.1 Å². The van der Waals surface area contributed by atoms with E-state index in [0.717, 1.165) is 6.21 Å². The minimum Gasteiger partial charge on any atom is -0.345 e. The predicted octanol–water partition coefficient (Wildman–Crippen LogP) is 2.69. The maximum atomic E-state index is 13.7. The van der Waals surface area contributed by atoms with Crippen molar-refractivity contribution in [3.63, 3.8) is 0 Å². The Labute approximate surface area is 166 Å². The van der Waals surface area contributed by atoms with Crippen LogP contribution in [0, 0.1) is 0 Å². The Morgan fingerprint density at radius 2 is 1.96 bits per heavy atom. The summed E-state index contributed by atoms with van der Waals surface area (Å²) in [5.41, 5.74) is -1.10. The van der Waals surface area contributed by atoms with Gasteiger partial charge in [-0.3, -0.25) is 4.79 Å². The lowest BCUT2D eigenvalue weighted by Gasteiger charge is -2.37. The number of aliphatic imine (C=N–C) groups is 1. The van der Waals surface area contributed by atoms with E-state index >= 15 is 0 Å². The van der Waals surface area contributed by atoms with Gasteiger partial charge in [0.2, 0.25) is 5.79 Å². The molecule has 3 rings (SSSR count). The van der Waals surface area contributed by atoms with Crippen molar-refractivity contribution in [2.45, 2.75) is 18.9 Å². The summed E-state index contributed by atoms with van der Waals surface area (Å²) in [6.07, 6.45) is -3.74. The Morgan fingerprint density at radius 3 is 2.57 bits per heavy atom. The van der Waals surface area contributed by atoms with Crippen LogP contribution in [0.1, 0.15) is 6.92 Å². The second-order valence-electron chi connectivity index (χ2n) is 6.97. The van der Waals surface area contributed by atoms with E-state index in [1.165, 1.54) is 11.8 Å². The zero-order valence-corrected chi connectivity index (χ0v) is 16.2. The van der Waals surface area contributed by atoms with E-state index in [2.05, 4.69) is 15.6 Å². The maximum absolute atomic E-state index is 13.7. The van der Waals surface area contributed by atoms with Crippen molar-refractivity contribution >= 4 is 29.4 Å². The van der Waals surface area contributed by atoms with Crippen molar-refractivity contribution in [3.05, 3.63) is 40.6 Å². The van der Waals surface area contributed by atoms with Crippen LogP contribution in [0.15, 0.2) is 40.5 Å². The number of benzene rings is 1. The number of rotatable bonds is 3. The summed E-state index contributed by atoms with van der Waals surface area (Å²) in [6, 6.07) is 6.56. The van der Waals surface area contributed by atoms with Crippen LogP contribution < -0.4 is 10.6 Å². The Balaban J connectivity index is 1.86. The normalized spacial score (nSPS) is 23.6. The number of alkyl halides is 3. The van der Waals surface area contributed by atoms with Gasteiger partial charge in [-0.1, -0.05) is 17.7 Å². The second-order valence-corrected chi connectivity index (χ2v) is 7.41. The fourth-order valence-electron chi connectivity index (χ4n) is 3.08. The smallest absolute Gasteiger partial charge is 0.345 e. The standard InChI is InChI=1S/C18H21ClF3N5O/c1-17(24-13-5-3-4-12(19)10-13)23-11-14(15(25-17)18(20,21)22)16(28)27-8-6-26(2)7-9-27/h3-5,10-11,24-25H,6-9H2,1-2H3. The summed E-state index contributed by atoms with van der Waals surface area (Å²) in [5, 5.41) is 5.68. The predicted molar refractivity (Wildman–Crippen MR) is 102 cm³/mol. The summed E-state index contributed by atoms with van der Waals surface area (Å²) in [5.74, 6) is -2.16. The van der Waals surface area contributed by atoms with Crippen LogP contribution in [0.5, 0.6) is 0 Å². The minimum absolute atomic E-state index is 0.371. The number of hydrogen-bond donors (Lipinski definition) is 2. The van der Waals surface area contributed by atoms with E-state index in [4.69, 9.17) is 11.6 Å². The van der Waals surface area contributed by atoms with Crippen molar-refractivity contribution < 1.29 is 18.0 Å². The monoisotopic (exact) mass is 415 g/mol. The number of piperazine rings is 1. The first-order valence-corrected chi connectivity index (χ1v) is 9.12. The molecule has 0 radical (unpaired) electrons. The molecule has 0 aromatic heterocycles. The van der Waals surface area contributed by atoms with Crippen LogP contribution in [0.2, 0.25) is 5.02 Å². The van der Waals surface area contributed by atoms with Gasteiger partial charge in [0.25, 0.3) is 5.91 Å². The molecule has 1 aromatic carbocycles. The number of likely N-dealkylation sites (N-methyl/N-ethyl adjacent to an activating group) is 1. The average molecular weight is 416 g/mol. The van der Waals surface area contributed by atoms with Crippen LogP contribution >= 0.6 is 11.6 Å². The molecular weight excluding hydrogens is 395 g/mol. The molecule has 28 heavy (non-hydrogen) atoms. The first kappa shape index (κ1) is 20.5. The van der Waals surface area contributed by atoms with Gasteiger partial charge >= 0.3 is 6.18 Å². The molecule has 152 valence electrons. The van der Waals surface area contributed by atoms with E-state index in [0.29, 0.717) is 36.9 Å². The van der Waals surface area contributed by atoms with Gasteiger partial charge in [-0.2, -0.15) is 13.2 Å². The number of anilines is 1. The molecule has 6 nitrogen and oxygen atoms in total. The molecular formula is C18H21ClF3N5O. The summed E-state index contributed by atoms with van der Waals surface area (Å²) >= 11 is 5.93. The zero-order valence-electron chi connectivity index (χ0n) is 15.5. The van der Waals surface area contributed by atoms with Gasteiger partial charge in [0, 0.05) is 43.1 Å². The van der Waals surface area contributed by atoms with Crippen LogP contribution in [-0.4, -0.2) is 67.1 Å². The van der Waals surface area contributed by atoms with Crippen molar-refractivity contribution in [1.82, 2.24) is 15.1 Å². The average Bonchev–Trinajstić information content (AvgIpc) is 2.61. The summed E-state index contributed by atoms with van der Waals surface area (Å²) in [7, 11) is 1.90. The lowest BCUT2D eigenvalue weighted by atomic mass is 10.1. The molecule has 2 aliphatic rings. The fraction of sp³-hybridized carbons (Fsp3) is 0.444. The van der Waals surface area contributed by atoms with E-state index in [9.17, 15) is 18.0 Å². The number of carbonyl (C=O) groups is 1. The molecule has 0 bridgehead atoms. The summed E-state index contributed by atoms with van der Waals surface area (Å²) in [4.78, 5) is 20.3. The zero-order chi connectivity index (χ0) is 20.5. The molecule has 1 aromatic rings. The van der Waals surface area contributed by atoms with Gasteiger partial charge in [0.1, 0.15) is 5.70 Å². The molecule has 1 amide bonds. The van der Waals surface area contributed by atoms with E-state index in [1.54, 1.807) is 24.3 Å². The number of allylic oxidation sites excluding steroid dienone is 1. The third-order valence-electron chi connectivity index (χ3n) is 4.61. The quantitative estimate of drug-likeness (QED) is 0.797. The van der Waals surface area contributed by atoms with Gasteiger partial charge in [-0.25, -0.2) is 4.99 Å². The molecule has 1 saturated heterocycles. The largest absolute Gasteiger partial charge is 0.431 e. The Morgan fingerprint density at radius 1 is 1.29 bits per heavy atom. The highest BCUT2D eigenvalue weighted by atomic mass is 35.5. The lowest BCUT2D eigenvalue weighted by Crippen LogP contribution is -2.54. The molecule has 2 N–H and O–H groups in total. The second kappa shape index (κ2) is 7.63. The molecule has 2 heterocycles. The number of hydrogen-bond acceptors (Lipinski definition) is 5. The Bertz CT molecular complexity index is 818. The van der Waals surface area contributed by atoms with Crippen LogP contribution in [0.4, 0.5) is 18.9 Å². The van der Waals surface area contributed by atoms with E-state index in [-0.39, 0.29) is 0 Å². The lowest BCUT2D eigenvalue weighted by molar-refractivity contribution is -0.130. The van der Waals surface area contributed by atoms with Crippen molar-refractivity contribution in [2.24, 2.45) is 4.99 Å². The fourth-order valence-corrected chi connectivity index (χ4v) is 3.27. The van der Waals surface area contributed by atoms with Gasteiger partial charge in [0.05, 0.1) is 5.57 Å². The minimum atomic E-state index is -4.73. The molecule has 10 heteroatoms. The highest BCUT2D eigenvalue weighted by Crippen LogP contribution is 2.32. The number of nitrogens with zero attached hydrogens (tertiary/aromatic N) is 3. The highest BCUT2D eigenvalue weighted by molar-refractivity contribution is 6.30. The molecule has 0 saturated carbocycles. The summed E-state index contributed by atoms with van der Waals surface area (Å²) in [6.45, 7) is 3.41. The molecule has 2 aliphatic heterocycles.